The first kappa shape index (κ1) is 31.6. The second kappa shape index (κ2) is 12.2. The molecule has 0 heterocycles. The molecule has 2 rings (SSSR count). The third kappa shape index (κ3) is 8.07. The molecule has 3 atom stereocenters. The van der Waals surface area contributed by atoms with Crippen molar-refractivity contribution in [2.75, 3.05) is 6.61 Å². The minimum Gasteiger partial charge on any atom is -0.392 e. The number of allylic oxidation sites excluding steroid dienone is 6. The molecule has 36 heavy (non-hydrogen) atoms. The van der Waals surface area contributed by atoms with E-state index in [1.165, 1.54) is 6.08 Å². The molecule has 0 bridgehead atoms. The van der Waals surface area contributed by atoms with Crippen LogP contribution in [0.4, 0.5) is 0 Å². The maximum atomic E-state index is 11.8. The first-order chi connectivity index (χ1) is 16.4. The van der Waals surface area contributed by atoms with Crippen LogP contribution in [0.3, 0.4) is 0 Å². The molecular formula is C30H44O6. The number of aliphatic hydroxyl groups excluding tert-OH is 3. The van der Waals surface area contributed by atoms with Gasteiger partial charge in [0.15, 0.2) is 11.6 Å². The summed E-state index contributed by atoms with van der Waals surface area (Å²) in [5, 5.41) is 38.1. The van der Waals surface area contributed by atoms with Crippen molar-refractivity contribution in [3.05, 3.63) is 70.9 Å². The highest BCUT2D eigenvalue weighted by Gasteiger charge is 2.37. The molecule has 0 saturated heterocycles. The number of Topliss-reactive ketones (excluding diaryl/α,β-unsaturated/α-hetero) is 2. The highest BCUT2D eigenvalue weighted by atomic mass is 16.3. The zero-order valence-corrected chi connectivity index (χ0v) is 23.1. The Bertz CT molecular complexity index is 1010. The minimum absolute atomic E-state index is 0.00917. The Balaban J connectivity index is 0.000000360. The lowest BCUT2D eigenvalue weighted by Crippen LogP contribution is -2.35. The highest BCUT2D eigenvalue weighted by Crippen LogP contribution is 2.40. The first-order valence-corrected chi connectivity index (χ1v) is 12.3. The fourth-order valence-corrected chi connectivity index (χ4v) is 4.60. The van der Waals surface area contributed by atoms with Crippen molar-refractivity contribution >= 4 is 11.6 Å². The zero-order chi connectivity index (χ0) is 28.1. The van der Waals surface area contributed by atoms with E-state index in [-0.39, 0.29) is 29.0 Å². The average molecular weight is 501 g/mol. The molecule has 3 unspecified atom stereocenters. The van der Waals surface area contributed by atoms with Gasteiger partial charge in [-0.2, -0.15) is 0 Å². The lowest BCUT2D eigenvalue weighted by atomic mass is 9.71. The molecule has 0 aromatic carbocycles. The van der Waals surface area contributed by atoms with E-state index in [0.717, 1.165) is 16.7 Å². The largest absolute Gasteiger partial charge is 0.392 e. The van der Waals surface area contributed by atoms with Gasteiger partial charge in [0.25, 0.3) is 0 Å². The predicted molar refractivity (Wildman–Crippen MR) is 144 cm³/mol. The molecule has 6 heteroatoms. The van der Waals surface area contributed by atoms with E-state index < -0.39 is 17.8 Å². The van der Waals surface area contributed by atoms with Crippen molar-refractivity contribution in [1.29, 1.82) is 0 Å². The third-order valence-corrected chi connectivity index (χ3v) is 6.94. The second-order valence-electron chi connectivity index (χ2n) is 11.2. The maximum absolute atomic E-state index is 11.8. The van der Waals surface area contributed by atoms with Crippen molar-refractivity contribution in [1.82, 2.24) is 0 Å². The molecule has 6 nitrogen and oxygen atoms in total. The summed E-state index contributed by atoms with van der Waals surface area (Å²) in [6.45, 7) is 18.6. The molecule has 200 valence electrons. The average Bonchev–Trinajstić information content (AvgIpc) is 2.75. The molecule has 0 aliphatic heterocycles. The van der Waals surface area contributed by atoms with Crippen molar-refractivity contribution in [2.45, 2.75) is 86.0 Å². The van der Waals surface area contributed by atoms with Crippen LogP contribution in [0.5, 0.6) is 0 Å². The van der Waals surface area contributed by atoms with Crippen LogP contribution < -0.4 is 0 Å². The number of hydrogen-bond donors (Lipinski definition) is 4. The Hall–Kier alpha value is -2.38. The van der Waals surface area contributed by atoms with Crippen LogP contribution >= 0.6 is 0 Å². The summed E-state index contributed by atoms with van der Waals surface area (Å²) >= 11 is 0. The highest BCUT2D eigenvalue weighted by molar-refractivity contribution is 6.01. The zero-order valence-electron chi connectivity index (χ0n) is 23.1. The van der Waals surface area contributed by atoms with Gasteiger partial charge in [-0.15, -0.1) is 0 Å². The number of carbonyl (C=O) groups excluding carboxylic acids is 2. The van der Waals surface area contributed by atoms with Crippen molar-refractivity contribution in [2.24, 2.45) is 10.8 Å². The third-order valence-electron chi connectivity index (χ3n) is 6.94. The van der Waals surface area contributed by atoms with Gasteiger partial charge in [-0.1, -0.05) is 70.2 Å². The van der Waals surface area contributed by atoms with E-state index in [2.05, 4.69) is 6.58 Å². The summed E-state index contributed by atoms with van der Waals surface area (Å²) in [6, 6.07) is 0. The van der Waals surface area contributed by atoms with Gasteiger partial charge in [-0.3, -0.25) is 9.59 Å². The van der Waals surface area contributed by atoms with Crippen molar-refractivity contribution < 1.29 is 30.0 Å². The molecule has 4 N–H and O–H groups in total. The molecule has 0 aromatic rings. The number of carbonyl (C=O) groups is 2. The molecular weight excluding hydrogens is 456 g/mol. The van der Waals surface area contributed by atoms with Gasteiger partial charge < -0.3 is 20.4 Å². The van der Waals surface area contributed by atoms with Gasteiger partial charge in [-0.05, 0) is 79.7 Å². The van der Waals surface area contributed by atoms with Crippen molar-refractivity contribution in [3.8, 4) is 0 Å². The summed E-state index contributed by atoms with van der Waals surface area (Å²) < 4.78 is 0. The van der Waals surface area contributed by atoms with E-state index in [1.807, 2.05) is 46.8 Å². The lowest BCUT2D eigenvalue weighted by Gasteiger charge is -2.35. The fourth-order valence-electron chi connectivity index (χ4n) is 4.60. The summed E-state index contributed by atoms with van der Waals surface area (Å²) in [5.74, 6) is -0.412. The van der Waals surface area contributed by atoms with Gasteiger partial charge in [0.2, 0.25) is 0 Å². The van der Waals surface area contributed by atoms with Crippen molar-refractivity contribution in [3.63, 3.8) is 0 Å². The smallest absolute Gasteiger partial charge is 0.187 e. The Morgan fingerprint density at radius 2 is 1.39 bits per heavy atom. The van der Waals surface area contributed by atoms with E-state index in [0.29, 0.717) is 24.0 Å². The van der Waals surface area contributed by atoms with E-state index in [1.54, 1.807) is 39.0 Å². The topological polar surface area (TPSA) is 115 Å². The van der Waals surface area contributed by atoms with E-state index >= 15 is 0 Å². The van der Waals surface area contributed by atoms with E-state index in [4.69, 9.17) is 5.11 Å². The molecule has 2 aliphatic carbocycles. The Morgan fingerprint density at radius 1 is 0.972 bits per heavy atom. The van der Waals surface area contributed by atoms with Crippen LogP contribution in [-0.2, 0) is 9.59 Å². The van der Waals surface area contributed by atoms with Crippen LogP contribution in [0.2, 0.25) is 0 Å². The van der Waals surface area contributed by atoms with E-state index in [9.17, 15) is 24.9 Å². The molecule has 0 aromatic heterocycles. The normalized spacial score (nSPS) is 26.3. The lowest BCUT2D eigenvalue weighted by molar-refractivity contribution is -0.126. The van der Waals surface area contributed by atoms with Crippen LogP contribution in [0.15, 0.2) is 70.9 Å². The Labute approximate surface area is 216 Å². The molecule has 0 spiro atoms. The number of aliphatic hydroxyl groups is 4. The van der Waals surface area contributed by atoms with Gasteiger partial charge in [-0.25, -0.2) is 0 Å². The molecule has 0 saturated carbocycles. The second-order valence-corrected chi connectivity index (χ2v) is 11.2. The number of rotatable bonds is 6. The Morgan fingerprint density at radius 3 is 1.78 bits per heavy atom. The van der Waals surface area contributed by atoms with Crippen LogP contribution in [-0.4, -0.2) is 56.4 Å². The minimum atomic E-state index is -1.09. The predicted octanol–water partition coefficient (Wildman–Crippen LogP) is 4.31. The monoisotopic (exact) mass is 500 g/mol. The summed E-state index contributed by atoms with van der Waals surface area (Å²) in [7, 11) is 0. The van der Waals surface area contributed by atoms with Gasteiger partial charge in [0.05, 0.1) is 12.2 Å². The van der Waals surface area contributed by atoms with Crippen LogP contribution in [0.25, 0.3) is 0 Å². The van der Waals surface area contributed by atoms with Gasteiger partial charge in [0, 0.05) is 0 Å². The molecule has 0 fully saturated rings. The van der Waals surface area contributed by atoms with Gasteiger partial charge in [0.1, 0.15) is 12.2 Å². The SMILES string of the molecule is C=CC(C)(O)C=CC1=C(C)C(=O)C(O)CC1(C)C.CC(C=CC1=C(C)C(=O)C(O)CC1(C)C)=CCO. The summed E-state index contributed by atoms with van der Waals surface area (Å²) in [5.41, 5.74) is 2.37. The molecule has 0 amide bonds. The number of hydrogen-bond acceptors (Lipinski definition) is 6. The van der Waals surface area contributed by atoms with Crippen LogP contribution in [0, 0.1) is 10.8 Å². The summed E-state index contributed by atoms with van der Waals surface area (Å²) in [4.78, 5) is 23.6. The number of ketones is 2. The van der Waals surface area contributed by atoms with Gasteiger partial charge >= 0.3 is 0 Å². The molecule has 2 aliphatic rings. The molecule has 0 radical (unpaired) electrons. The quantitative estimate of drug-likeness (QED) is 0.319. The van der Waals surface area contributed by atoms with Crippen LogP contribution in [0.1, 0.15) is 68.2 Å². The Kier molecular flexibility index (Phi) is 10.8. The summed E-state index contributed by atoms with van der Waals surface area (Å²) in [6.07, 6.45) is 9.38. The maximum Gasteiger partial charge on any atom is 0.187 e. The first-order valence-electron chi connectivity index (χ1n) is 12.3. The fraction of sp³-hybridized carbons (Fsp3) is 0.533. The standard InChI is InChI=1S/2C15H22O3/c1-10(7-8-16)5-6-12-11(2)14(18)13(17)9-15(12,3)4;1-6-15(5,18)8-7-11-10(2)13(17)12(16)9-14(11,3)4/h5-7,13,16-17H,8-9H2,1-4H3;6-8,12,16,18H,1,9H2,2-5H3.